The maximum atomic E-state index is 14.4. The SMILES string of the molecule is CCCCCCCCC/C=C\CCCCCC(=O)OCC1OC(OC2C(O)C(O)C(O)C(OC3OC(CO)C(O)C(O)C3O)C2OP(=O)(O)OCC(COC(=O)CCCCCCCCC(C)CCCCCCCC)OC(=O)CCCCCCCCCCCCCCCCCC)C(O)C(O)C1O. The smallest absolute Gasteiger partial charge is 0.463 e. The maximum absolute atomic E-state index is 14.4. The molecule has 3 rings (SSSR count). The molecule has 2 heterocycles. The molecule has 0 radical (unpaired) electrons. The van der Waals surface area contributed by atoms with Gasteiger partial charge in [-0.1, -0.05) is 265 Å². The van der Waals surface area contributed by atoms with Crippen molar-refractivity contribution in [2.45, 2.75) is 421 Å². The molecule has 19 unspecified atom stereocenters. The average Bonchev–Trinajstić information content (AvgIpc) is 0.760. The van der Waals surface area contributed by atoms with Crippen LogP contribution in [0.15, 0.2) is 12.2 Å². The lowest BCUT2D eigenvalue weighted by atomic mass is 9.84. The zero-order valence-corrected chi connectivity index (χ0v) is 63.3. The van der Waals surface area contributed by atoms with Crippen molar-refractivity contribution in [3.63, 3.8) is 0 Å². The van der Waals surface area contributed by atoms with Gasteiger partial charge in [0.05, 0.1) is 13.2 Å². The average molecular weight is 1470 g/mol. The van der Waals surface area contributed by atoms with Crippen molar-refractivity contribution in [2.75, 3.05) is 26.4 Å². The topological polar surface area (TPSA) is 374 Å². The van der Waals surface area contributed by atoms with Gasteiger partial charge in [0.15, 0.2) is 18.7 Å². The van der Waals surface area contributed by atoms with E-state index in [0.29, 0.717) is 25.2 Å². The Kier molecular flexibility index (Phi) is 52.4. The van der Waals surface area contributed by atoms with Crippen molar-refractivity contribution in [1.29, 1.82) is 0 Å². The molecule has 0 aromatic rings. The summed E-state index contributed by atoms with van der Waals surface area (Å²) in [6, 6.07) is 0. The summed E-state index contributed by atoms with van der Waals surface area (Å²) < 4.78 is 65.2. The first-order valence-electron chi connectivity index (χ1n) is 39.9. The van der Waals surface area contributed by atoms with Crippen molar-refractivity contribution < 1.29 is 117 Å². The first kappa shape index (κ1) is 92.9. The number of unbranched alkanes of at least 4 members (excludes halogenated alkanes) is 35. The predicted octanol–water partition coefficient (Wildman–Crippen LogP) is 11.8. The van der Waals surface area contributed by atoms with Gasteiger partial charge in [-0.15, -0.1) is 0 Å². The van der Waals surface area contributed by atoms with Gasteiger partial charge in [-0.25, -0.2) is 4.57 Å². The lowest BCUT2D eigenvalue weighted by Crippen LogP contribution is -2.69. The molecular formula is C76H141O24P. The summed E-state index contributed by atoms with van der Waals surface area (Å²) in [5.41, 5.74) is 0. The first-order chi connectivity index (χ1) is 48.7. The molecule has 19 atom stereocenters. The summed E-state index contributed by atoms with van der Waals surface area (Å²) in [5.74, 6) is -1.30. The normalized spacial score (nSPS) is 27.5. The molecule has 2 aliphatic heterocycles. The number of hydrogen-bond acceptors (Lipinski definition) is 23. The summed E-state index contributed by atoms with van der Waals surface area (Å²) in [7, 11) is -5.70. The Morgan fingerprint density at radius 1 is 0.406 bits per heavy atom. The van der Waals surface area contributed by atoms with Crippen LogP contribution in [0, 0.1) is 5.92 Å². The summed E-state index contributed by atoms with van der Waals surface area (Å²) in [5, 5.41) is 110. The second-order valence-corrected chi connectivity index (χ2v) is 30.5. The zero-order valence-electron chi connectivity index (χ0n) is 62.4. The van der Waals surface area contributed by atoms with E-state index in [2.05, 4.69) is 39.8 Å². The fraction of sp³-hybridized carbons (Fsp3) is 0.934. The van der Waals surface area contributed by atoms with Crippen LogP contribution >= 0.6 is 7.82 Å². The van der Waals surface area contributed by atoms with E-state index < -0.39 is 156 Å². The molecule has 11 N–H and O–H groups in total. The first-order valence-corrected chi connectivity index (χ1v) is 41.4. The number of phosphoric acid groups is 1. The van der Waals surface area contributed by atoms with Gasteiger partial charge in [0.25, 0.3) is 0 Å². The summed E-state index contributed by atoms with van der Waals surface area (Å²) >= 11 is 0. The van der Waals surface area contributed by atoms with Crippen LogP contribution in [0.25, 0.3) is 0 Å². The molecule has 1 aliphatic carbocycles. The van der Waals surface area contributed by atoms with E-state index in [-0.39, 0.29) is 19.3 Å². The van der Waals surface area contributed by atoms with Gasteiger partial charge in [0, 0.05) is 19.3 Å². The summed E-state index contributed by atoms with van der Waals surface area (Å²) in [6.07, 6.45) is 15.5. The van der Waals surface area contributed by atoms with E-state index in [1.165, 1.54) is 154 Å². The molecule has 0 spiro atoms. The molecule has 0 amide bonds. The number of allylic oxidation sites excluding steroid dienone is 2. The van der Waals surface area contributed by atoms with Crippen molar-refractivity contribution in [1.82, 2.24) is 0 Å². The third-order valence-electron chi connectivity index (χ3n) is 19.9. The quantitative estimate of drug-likeness (QED) is 0.00886. The van der Waals surface area contributed by atoms with E-state index in [9.17, 15) is 74.9 Å². The highest BCUT2D eigenvalue weighted by molar-refractivity contribution is 7.47. The van der Waals surface area contributed by atoms with Crippen molar-refractivity contribution in [3.8, 4) is 0 Å². The summed E-state index contributed by atoms with van der Waals surface area (Å²) in [6.45, 7) is 5.79. The van der Waals surface area contributed by atoms with E-state index in [4.69, 9.17) is 42.2 Å². The highest BCUT2D eigenvalue weighted by Crippen LogP contribution is 2.49. The van der Waals surface area contributed by atoms with Gasteiger partial charge in [-0.05, 0) is 50.9 Å². The number of ether oxygens (including phenoxy) is 7. The van der Waals surface area contributed by atoms with Crippen LogP contribution in [0.3, 0.4) is 0 Å². The number of esters is 3. The van der Waals surface area contributed by atoms with Crippen molar-refractivity contribution in [3.05, 3.63) is 12.2 Å². The number of rotatable bonds is 62. The number of hydrogen-bond donors (Lipinski definition) is 11. The molecule has 101 heavy (non-hydrogen) atoms. The predicted molar refractivity (Wildman–Crippen MR) is 384 cm³/mol. The molecule has 25 heteroatoms. The Morgan fingerprint density at radius 3 is 1.18 bits per heavy atom. The Labute approximate surface area is 605 Å². The number of carbonyl (C=O) groups is 3. The van der Waals surface area contributed by atoms with Crippen LogP contribution in [0.2, 0.25) is 0 Å². The minimum atomic E-state index is -5.70. The number of aliphatic hydroxyl groups excluding tert-OH is 10. The van der Waals surface area contributed by atoms with Gasteiger partial charge in [-0.2, -0.15) is 0 Å². The van der Waals surface area contributed by atoms with Gasteiger partial charge >= 0.3 is 25.7 Å². The maximum Gasteiger partial charge on any atom is 0.472 e. The monoisotopic (exact) mass is 1470 g/mol. The zero-order chi connectivity index (χ0) is 74.1. The van der Waals surface area contributed by atoms with Crippen LogP contribution < -0.4 is 0 Å². The van der Waals surface area contributed by atoms with Gasteiger partial charge in [0.2, 0.25) is 0 Å². The minimum absolute atomic E-state index is 0.00931. The second-order valence-electron chi connectivity index (χ2n) is 29.1. The Hall–Kier alpha value is -2.30. The molecule has 3 aliphatic rings. The highest BCUT2D eigenvalue weighted by atomic mass is 31.2. The molecule has 0 bridgehead atoms. The van der Waals surface area contributed by atoms with Crippen LogP contribution in [0.5, 0.6) is 0 Å². The highest BCUT2D eigenvalue weighted by Gasteiger charge is 2.58. The number of aliphatic hydroxyl groups is 10. The standard InChI is InChI=1S/C76H141O24P/c1-5-8-11-14-17-19-21-23-25-26-28-30-32-34-41-46-51-62(80)95-57(53-92-60(78)49-44-40-36-35-38-43-48-56(4)47-42-37-16-13-10-7-3)54-94-101(90,91)100-74-72(98-75-70(88)65(83)63(81)58(52-77)96-75)68(86)67(85)69(87)73(74)99-76-71(89)66(84)64(82)59(97-76)55-93-61(79)50-45-39-33-31-29-27-24-22-20-18-15-12-9-6-2/h27,29,56-59,63-77,81-89H,5-26,28,30-55H2,1-4H3,(H,90,91)/b29-27-. The number of phosphoric ester groups is 1. The molecule has 2 saturated heterocycles. The van der Waals surface area contributed by atoms with Crippen molar-refractivity contribution >= 4 is 25.7 Å². The fourth-order valence-corrected chi connectivity index (χ4v) is 14.3. The largest absolute Gasteiger partial charge is 0.472 e. The molecule has 1 saturated carbocycles. The van der Waals surface area contributed by atoms with Gasteiger partial charge in [0.1, 0.15) is 98.7 Å². The third kappa shape index (κ3) is 39.9. The van der Waals surface area contributed by atoms with E-state index >= 15 is 0 Å². The molecule has 24 nitrogen and oxygen atoms in total. The van der Waals surface area contributed by atoms with E-state index in [1.807, 2.05) is 0 Å². The van der Waals surface area contributed by atoms with E-state index in [0.717, 1.165) is 96.3 Å². The molecular weight excluding hydrogens is 1330 g/mol. The lowest BCUT2D eigenvalue weighted by molar-refractivity contribution is -0.360. The minimum Gasteiger partial charge on any atom is -0.463 e. The number of carbonyl (C=O) groups excluding carboxylic acids is 3. The Bertz CT molecular complexity index is 2150. The fourth-order valence-electron chi connectivity index (χ4n) is 13.4. The molecule has 3 fully saturated rings. The van der Waals surface area contributed by atoms with Crippen LogP contribution in [0.1, 0.15) is 317 Å². The molecule has 0 aromatic carbocycles. The Morgan fingerprint density at radius 2 is 0.752 bits per heavy atom. The lowest BCUT2D eigenvalue weighted by Gasteiger charge is -2.49. The van der Waals surface area contributed by atoms with Crippen molar-refractivity contribution in [2.24, 2.45) is 5.92 Å². The van der Waals surface area contributed by atoms with Gasteiger partial charge < -0.3 is 89.1 Å². The molecule has 594 valence electrons. The molecule has 0 aromatic heterocycles. The van der Waals surface area contributed by atoms with Crippen LogP contribution in [0.4, 0.5) is 0 Å². The second kappa shape index (κ2) is 56.9. The van der Waals surface area contributed by atoms with Crippen LogP contribution in [-0.4, -0.2) is 204 Å². The van der Waals surface area contributed by atoms with Gasteiger partial charge in [-0.3, -0.25) is 23.4 Å². The van der Waals surface area contributed by atoms with Crippen LogP contribution in [-0.2, 0) is 61.2 Å². The summed E-state index contributed by atoms with van der Waals surface area (Å²) in [4.78, 5) is 51.2. The third-order valence-corrected chi connectivity index (χ3v) is 20.9. The van der Waals surface area contributed by atoms with E-state index in [1.54, 1.807) is 0 Å². The Balaban J connectivity index is 1.73.